The van der Waals surface area contributed by atoms with E-state index in [4.69, 9.17) is 4.74 Å². The van der Waals surface area contributed by atoms with Gasteiger partial charge in [-0.05, 0) is 42.9 Å². The lowest BCUT2D eigenvalue weighted by molar-refractivity contribution is -0.118. The third kappa shape index (κ3) is 4.47. The molecular weight excluding hydrogens is 390 g/mol. The number of amides is 1. The molecule has 1 N–H and O–H groups in total. The molecule has 4 rings (SSSR count). The van der Waals surface area contributed by atoms with Gasteiger partial charge < -0.3 is 10.1 Å². The fourth-order valence-corrected chi connectivity index (χ4v) is 5.69. The molecule has 1 aliphatic carbocycles. The van der Waals surface area contributed by atoms with Crippen molar-refractivity contribution in [2.75, 3.05) is 18.9 Å². The van der Waals surface area contributed by atoms with Gasteiger partial charge >= 0.3 is 0 Å². The highest BCUT2D eigenvalue weighted by Crippen LogP contribution is 2.40. The number of benzene rings is 1. The van der Waals surface area contributed by atoms with E-state index in [0.29, 0.717) is 18.9 Å². The van der Waals surface area contributed by atoms with Crippen LogP contribution in [0, 0.1) is 5.92 Å². The summed E-state index contributed by atoms with van der Waals surface area (Å²) in [4.78, 5) is 23.6. The first-order chi connectivity index (χ1) is 13.7. The van der Waals surface area contributed by atoms with Crippen molar-refractivity contribution in [3.05, 3.63) is 47.1 Å². The van der Waals surface area contributed by atoms with Gasteiger partial charge in [-0.25, -0.2) is 9.97 Å². The lowest BCUT2D eigenvalue weighted by atomic mass is 9.89. The molecule has 1 aliphatic rings. The summed E-state index contributed by atoms with van der Waals surface area (Å²) < 4.78 is 5.60. The normalized spacial score (nSPS) is 16.0. The van der Waals surface area contributed by atoms with Crippen molar-refractivity contribution < 1.29 is 9.53 Å². The first kappa shape index (κ1) is 19.2. The minimum atomic E-state index is -0.00820. The van der Waals surface area contributed by atoms with Gasteiger partial charge in [0.05, 0.1) is 12.3 Å². The minimum Gasteiger partial charge on any atom is -0.492 e. The van der Waals surface area contributed by atoms with Crippen LogP contribution in [0.4, 0.5) is 0 Å². The quantitative estimate of drug-likeness (QED) is 0.359. The second-order valence-corrected chi connectivity index (χ2v) is 9.06. The van der Waals surface area contributed by atoms with Crippen molar-refractivity contribution in [2.24, 2.45) is 5.92 Å². The van der Waals surface area contributed by atoms with E-state index in [2.05, 4.69) is 22.2 Å². The number of nitrogens with zero attached hydrogens (tertiary/aromatic N) is 2. The van der Waals surface area contributed by atoms with E-state index >= 15 is 0 Å². The fourth-order valence-electron chi connectivity index (χ4n) is 3.42. The maximum Gasteiger partial charge on any atom is 0.230 e. The van der Waals surface area contributed by atoms with Crippen LogP contribution < -0.4 is 10.1 Å². The molecule has 2 aromatic heterocycles. The van der Waals surface area contributed by atoms with Crippen LogP contribution in [0.2, 0.25) is 0 Å². The molecule has 1 amide bonds. The van der Waals surface area contributed by atoms with E-state index in [-0.39, 0.29) is 5.91 Å². The van der Waals surface area contributed by atoms with Crippen molar-refractivity contribution in [2.45, 2.75) is 31.2 Å². The Morgan fingerprint density at radius 2 is 2.18 bits per heavy atom. The molecule has 0 radical (unpaired) electrons. The molecule has 2 heterocycles. The standard InChI is InChI=1S/C21H23N3O2S2/c1-14-7-8-16-17(11-14)28-21-19(16)20(23-13-24-21)27-12-18(25)22-9-10-26-15-5-3-2-4-6-15/h2-6,13-14H,7-12H2,1H3,(H,22,25)/t14-/m0/s1. The molecule has 0 unspecified atom stereocenters. The van der Waals surface area contributed by atoms with Crippen LogP contribution in [0.3, 0.4) is 0 Å². The molecule has 3 aromatic rings. The van der Waals surface area contributed by atoms with Crippen LogP contribution in [0.5, 0.6) is 5.75 Å². The zero-order valence-electron chi connectivity index (χ0n) is 15.8. The third-order valence-electron chi connectivity index (χ3n) is 4.83. The van der Waals surface area contributed by atoms with E-state index in [1.54, 1.807) is 17.7 Å². The summed E-state index contributed by atoms with van der Waals surface area (Å²) in [6, 6.07) is 9.61. The molecule has 1 aromatic carbocycles. The summed E-state index contributed by atoms with van der Waals surface area (Å²) in [5.41, 5.74) is 1.40. The number of fused-ring (bicyclic) bond motifs is 3. The number of nitrogens with one attached hydrogen (secondary N) is 1. The Hall–Kier alpha value is -2.12. The number of carbonyl (C=O) groups is 1. The van der Waals surface area contributed by atoms with Crippen molar-refractivity contribution in [3.63, 3.8) is 0 Å². The summed E-state index contributed by atoms with van der Waals surface area (Å²) in [6.45, 7) is 3.24. The van der Waals surface area contributed by atoms with Gasteiger partial charge in [0.2, 0.25) is 5.91 Å². The van der Waals surface area contributed by atoms with Crippen LogP contribution in [-0.2, 0) is 17.6 Å². The number of aromatic nitrogens is 2. The molecule has 1 atom stereocenters. The highest BCUT2D eigenvalue weighted by atomic mass is 32.2. The Labute approximate surface area is 172 Å². The first-order valence-corrected chi connectivity index (χ1v) is 11.3. The van der Waals surface area contributed by atoms with Gasteiger partial charge in [-0.1, -0.05) is 36.9 Å². The monoisotopic (exact) mass is 413 g/mol. The molecular formula is C21H23N3O2S2. The van der Waals surface area contributed by atoms with Crippen LogP contribution in [0.25, 0.3) is 10.2 Å². The molecule has 28 heavy (non-hydrogen) atoms. The zero-order valence-corrected chi connectivity index (χ0v) is 17.4. The maximum atomic E-state index is 12.2. The zero-order chi connectivity index (χ0) is 19.3. The lowest BCUT2D eigenvalue weighted by Crippen LogP contribution is -2.29. The lowest BCUT2D eigenvalue weighted by Gasteiger charge is -2.18. The number of rotatable bonds is 7. The van der Waals surface area contributed by atoms with E-state index in [1.165, 1.54) is 34.0 Å². The molecule has 0 aliphatic heterocycles. The molecule has 146 valence electrons. The average molecular weight is 414 g/mol. The topological polar surface area (TPSA) is 64.1 Å². The highest BCUT2D eigenvalue weighted by Gasteiger charge is 2.23. The smallest absolute Gasteiger partial charge is 0.230 e. The van der Waals surface area contributed by atoms with E-state index in [1.807, 2.05) is 30.3 Å². The molecule has 0 fully saturated rings. The van der Waals surface area contributed by atoms with E-state index < -0.39 is 0 Å². The van der Waals surface area contributed by atoms with Crippen LogP contribution >= 0.6 is 23.1 Å². The third-order valence-corrected chi connectivity index (χ3v) is 6.98. The number of ether oxygens (including phenoxy) is 1. The minimum absolute atomic E-state index is 0.00820. The van der Waals surface area contributed by atoms with Crippen LogP contribution in [-0.4, -0.2) is 34.8 Å². The summed E-state index contributed by atoms with van der Waals surface area (Å²) >= 11 is 3.28. The van der Waals surface area contributed by atoms with E-state index in [9.17, 15) is 4.79 Å². The number of thiophene rings is 1. The van der Waals surface area contributed by atoms with Crippen LogP contribution in [0.1, 0.15) is 23.8 Å². The van der Waals surface area contributed by atoms with Gasteiger partial charge in [0, 0.05) is 10.3 Å². The van der Waals surface area contributed by atoms with Crippen molar-refractivity contribution in [1.29, 1.82) is 0 Å². The second-order valence-electron chi connectivity index (χ2n) is 7.01. The Kier molecular flexibility index (Phi) is 6.12. The number of thioether (sulfide) groups is 1. The Morgan fingerprint density at radius 1 is 1.32 bits per heavy atom. The summed E-state index contributed by atoms with van der Waals surface area (Å²) in [5, 5.41) is 5.00. The Bertz CT molecular complexity index is 959. The number of para-hydroxylation sites is 1. The average Bonchev–Trinajstić information content (AvgIpc) is 3.08. The summed E-state index contributed by atoms with van der Waals surface area (Å²) in [6.07, 6.45) is 5.03. The van der Waals surface area contributed by atoms with E-state index in [0.717, 1.165) is 34.4 Å². The van der Waals surface area contributed by atoms with Gasteiger partial charge in [0.1, 0.15) is 28.5 Å². The van der Waals surface area contributed by atoms with Gasteiger partial charge in [0.25, 0.3) is 0 Å². The van der Waals surface area contributed by atoms with Gasteiger partial charge in [-0.3, -0.25) is 4.79 Å². The fraction of sp³-hybridized carbons (Fsp3) is 0.381. The summed E-state index contributed by atoms with van der Waals surface area (Å²) in [5.74, 6) is 1.88. The molecule has 7 heteroatoms. The first-order valence-electron chi connectivity index (χ1n) is 9.53. The summed E-state index contributed by atoms with van der Waals surface area (Å²) in [7, 11) is 0. The SMILES string of the molecule is C[C@H]1CCc2c(sc3ncnc(SCC(=O)NCCOc4ccccc4)c23)C1. The van der Waals surface area contributed by atoms with Gasteiger partial charge in [-0.15, -0.1) is 11.3 Å². The Morgan fingerprint density at radius 3 is 3.04 bits per heavy atom. The van der Waals surface area contributed by atoms with Gasteiger partial charge in [-0.2, -0.15) is 0 Å². The molecule has 0 spiro atoms. The van der Waals surface area contributed by atoms with Crippen LogP contribution in [0.15, 0.2) is 41.7 Å². The van der Waals surface area contributed by atoms with Crippen molar-refractivity contribution in [3.8, 4) is 5.75 Å². The highest BCUT2D eigenvalue weighted by molar-refractivity contribution is 8.00. The second kappa shape index (κ2) is 8.92. The number of aryl methyl sites for hydroxylation is 1. The maximum absolute atomic E-state index is 12.2. The Balaban J connectivity index is 1.32. The molecule has 0 bridgehead atoms. The predicted molar refractivity (Wildman–Crippen MR) is 114 cm³/mol. The van der Waals surface area contributed by atoms with Crippen molar-refractivity contribution in [1.82, 2.24) is 15.3 Å². The predicted octanol–water partition coefficient (Wildman–Crippen LogP) is 4.10. The number of hydrogen-bond acceptors (Lipinski definition) is 6. The number of hydrogen-bond donors (Lipinski definition) is 1. The largest absolute Gasteiger partial charge is 0.492 e. The molecule has 5 nitrogen and oxygen atoms in total. The van der Waals surface area contributed by atoms with Gasteiger partial charge in [0.15, 0.2) is 0 Å². The molecule has 0 saturated heterocycles. The molecule has 0 saturated carbocycles. The van der Waals surface area contributed by atoms with Crippen molar-refractivity contribution >= 4 is 39.2 Å². The number of carbonyl (C=O) groups excluding carboxylic acids is 1.